The molecule has 0 heterocycles. The molecule has 0 spiro atoms. The Hall–Kier alpha value is -2.84. The zero-order valence-electron chi connectivity index (χ0n) is 9.77. The average Bonchev–Trinajstić information content (AvgIpc) is 2.41. The summed E-state index contributed by atoms with van der Waals surface area (Å²) in [5.41, 5.74) is 2.65. The van der Waals surface area contributed by atoms with E-state index in [9.17, 15) is 0 Å². The Morgan fingerprint density at radius 1 is 0.722 bits per heavy atom. The van der Waals surface area contributed by atoms with Crippen molar-refractivity contribution in [3.8, 4) is 23.3 Å². The van der Waals surface area contributed by atoms with Crippen molar-refractivity contribution in [1.82, 2.24) is 0 Å². The van der Waals surface area contributed by atoms with Crippen LogP contribution in [0.5, 0.6) is 0 Å². The van der Waals surface area contributed by atoms with Crippen LogP contribution in [-0.4, -0.2) is 0 Å². The third-order valence-corrected chi connectivity index (χ3v) is 2.80. The van der Waals surface area contributed by atoms with Crippen LogP contribution in [0.4, 0.5) is 0 Å². The maximum absolute atomic E-state index is 9.00. The molecule has 0 aliphatic heterocycles. The van der Waals surface area contributed by atoms with E-state index in [1.165, 1.54) is 0 Å². The van der Waals surface area contributed by atoms with Gasteiger partial charge in [-0.3, -0.25) is 0 Å². The van der Waals surface area contributed by atoms with Gasteiger partial charge in [0.25, 0.3) is 0 Å². The molecule has 2 heteroatoms. The first kappa shape index (κ1) is 11.6. The summed E-state index contributed by atoms with van der Waals surface area (Å²) in [6.45, 7) is 7.76. The van der Waals surface area contributed by atoms with Crippen molar-refractivity contribution in [3.05, 3.63) is 58.0 Å². The molecule has 0 bridgehead atoms. The third-order valence-electron chi connectivity index (χ3n) is 2.80. The van der Waals surface area contributed by atoms with Gasteiger partial charge >= 0.3 is 0 Å². The largest absolute Gasteiger partial charge is 0.192 e. The maximum Gasteiger partial charge on any atom is 0.101 e. The molecule has 0 saturated heterocycles. The molecule has 18 heavy (non-hydrogen) atoms. The minimum absolute atomic E-state index is 0.388. The smallest absolute Gasteiger partial charge is 0.101 e. The van der Waals surface area contributed by atoms with Crippen LogP contribution in [0.25, 0.3) is 24.3 Å². The topological polar surface area (TPSA) is 47.6 Å². The number of benzene rings is 2. The molecule has 2 nitrogen and oxygen atoms in total. The number of hydrogen-bond donors (Lipinski definition) is 0. The van der Waals surface area contributed by atoms with E-state index in [0.717, 1.165) is 21.6 Å². The second kappa shape index (κ2) is 4.57. The van der Waals surface area contributed by atoms with Gasteiger partial charge in [0.15, 0.2) is 0 Å². The third kappa shape index (κ3) is 2.00. The summed E-state index contributed by atoms with van der Waals surface area (Å²) in [6, 6.07) is 15.0. The Morgan fingerprint density at radius 3 is 1.94 bits per heavy atom. The van der Waals surface area contributed by atoms with Crippen LogP contribution < -0.4 is 10.4 Å². The molecule has 0 N–H and O–H groups in total. The highest BCUT2D eigenvalue weighted by molar-refractivity contribution is 5.67. The summed E-state index contributed by atoms with van der Waals surface area (Å²) in [4.78, 5) is 0. The van der Waals surface area contributed by atoms with Crippen LogP contribution in [0.15, 0.2) is 36.4 Å². The quantitative estimate of drug-likeness (QED) is 0.751. The Bertz CT molecular complexity index is 789. The van der Waals surface area contributed by atoms with E-state index < -0.39 is 0 Å². The van der Waals surface area contributed by atoms with Crippen LogP contribution in [0.3, 0.4) is 0 Å². The van der Waals surface area contributed by atoms with Crippen molar-refractivity contribution in [3.63, 3.8) is 0 Å². The molecule has 0 saturated carbocycles. The molecule has 2 aromatic rings. The predicted octanol–water partition coefficient (Wildman–Crippen LogP) is 1.92. The zero-order valence-corrected chi connectivity index (χ0v) is 9.77. The van der Waals surface area contributed by atoms with Crippen LogP contribution in [0, 0.1) is 22.7 Å². The molecule has 0 fully saturated rings. The fourth-order valence-corrected chi connectivity index (χ4v) is 1.72. The first-order valence-corrected chi connectivity index (χ1v) is 5.38. The summed E-state index contributed by atoms with van der Waals surface area (Å²) in [5, 5.41) is 19.6. The van der Waals surface area contributed by atoms with Crippen molar-refractivity contribution in [2.24, 2.45) is 0 Å². The monoisotopic (exact) mass is 230 g/mol. The van der Waals surface area contributed by atoms with E-state index in [-0.39, 0.29) is 0 Å². The van der Waals surface area contributed by atoms with Gasteiger partial charge < -0.3 is 0 Å². The lowest BCUT2D eigenvalue weighted by atomic mass is 9.99. The molecule has 2 rings (SSSR count). The van der Waals surface area contributed by atoms with Crippen molar-refractivity contribution in [1.29, 1.82) is 10.5 Å². The highest BCUT2D eigenvalue weighted by Crippen LogP contribution is 2.20. The van der Waals surface area contributed by atoms with Crippen LogP contribution >= 0.6 is 0 Å². The molecule has 0 aromatic heterocycles. The first-order valence-electron chi connectivity index (χ1n) is 5.38. The molecule has 2 aromatic carbocycles. The zero-order chi connectivity index (χ0) is 13.1. The molecule has 0 aliphatic carbocycles. The van der Waals surface area contributed by atoms with Crippen molar-refractivity contribution in [2.45, 2.75) is 0 Å². The second-order valence-corrected chi connectivity index (χ2v) is 3.97. The van der Waals surface area contributed by atoms with Crippen LogP contribution in [-0.2, 0) is 0 Å². The van der Waals surface area contributed by atoms with Crippen molar-refractivity contribution < 1.29 is 0 Å². The highest BCUT2D eigenvalue weighted by Gasteiger charge is 2.04. The highest BCUT2D eigenvalue weighted by atomic mass is 14.3. The van der Waals surface area contributed by atoms with E-state index in [4.69, 9.17) is 10.5 Å². The lowest BCUT2D eigenvalue weighted by molar-refractivity contribution is 1.42. The minimum Gasteiger partial charge on any atom is -0.192 e. The Labute approximate surface area is 105 Å². The molecular formula is C16H10N2. The summed E-state index contributed by atoms with van der Waals surface area (Å²) in [6.07, 6.45) is 0. The minimum atomic E-state index is 0.388. The average molecular weight is 230 g/mol. The lowest BCUT2D eigenvalue weighted by Gasteiger charge is -2.03. The van der Waals surface area contributed by atoms with E-state index in [0.29, 0.717) is 11.1 Å². The number of nitriles is 2. The molecule has 0 aliphatic rings. The fraction of sp³-hybridized carbons (Fsp3) is 0. The maximum atomic E-state index is 9.00. The van der Waals surface area contributed by atoms with Gasteiger partial charge in [0.1, 0.15) is 12.1 Å². The van der Waals surface area contributed by atoms with E-state index in [1.807, 2.05) is 36.4 Å². The molecule has 84 valence electrons. The molecule has 0 radical (unpaired) electrons. The normalized spacial score (nSPS) is 9.44. The Kier molecular flexibility index (Phi) is 2.96. The Balaban J connectivity index is 2.63. The SMILES string of the molecule is C=c1ccc(-c2ccc(C#N)c(C#N)c2)cc1=C. The Morgan fingerprint density at radius 2 is 1.33 bits per heavy atom. The molecular weight excluding hydrogens is 220 g/mol. The van der Waals surface area contributed by atoms with E-state index in [2.05, 4.69) is 13.2 Å². The number of rotatable bonds is 1. The number of nitrogens with zero attached hydrogens (tertiary/aromatic N) is 2. The van der Waals surface area contributed by atoms with Gasteiger partial charge in [0, 0.05) is 0 Å². The summed E-state index contributed by atoms with van der Waals surface area (Å²) in [7, 11) is 0. The lowest BCUT2D eigenvalue weighted by Crippen LogP contribution is -2.20. The van der Waals surface area contributed by atoms with Gasteiger partial charge in [0.2, 0.25) is 0 Å². The molecule has 0 unspecified atom stereocenters. The van der Waals surface area contributed by atoms with Crippen molar-refractivity contribution in [2.75, 3.05) is 0 Å². The predicted molar refractivity (Wildman–Crippen MR) is 71.6 cm³/mol. The first-order chi connectivity index (χ1) is 8.65. The molecule has 0 atom stereocenters. The van der Waals surface area contributed by atoms with Crippen LogP contribution in [0.2, 0.25) is 0 Å². The van der Waals surface area contributed by atoms with Crippen molar-refractivity contribution >= 4 is 13.2 Å². The fourth-order valence-electron chi connectivity index (χ4n) is 1.72. The van der Waals surface area contributed by atoms with Crippen LogP contribution in [0.1, 0.15) is 11.1 Å². The summed E-state index contributed by atoms with van der Waals surface area (Å²) in [5.74, 6) is 0. The van der Waals surface area contributed by atoms with E-state index in [1.54, 1.807) is 12.1 Å². The summed E-state index contributed by atoms with van der Waals surface area (Å²) < 4.78 is 0. The van der Waals surface area contributed by atoms with Gasteiger partial charge in [-0.2, -0.15) is 10.5 Å². The standard InChI is InChI=1S/C16H10N2/c1-11-3-4-13(7-12(11)2)14-5-6-15(9-17)16(8-14)10-18/h3-8H,1-2H2. The van der Waals surface area contributed by atoms with Gasteiger partial charge in [-0.25, -0.2) is 0 Å². The molecule has 0 amide bonds. The summed E-state index contributed by atoms with van der Waals surface area (Å²) >= 11 is 0. The van der Waals surface area contributed by atoms with Gasteiger partial charge in [0.05, 0.1) is 11.1 Å². The van der Waals surface area contributed by atoms with E-state index >= 15 is 0 Å². The number of hydrogen-bond acceptors (Lipinski definition) is 2. The van der Waals surface area contributed by atoms with Gasteiger partial charge in [-0.1, -0.05) is 31.4 Å². The van der Waals surface area contributed by atoms with Gasteiger partial charge in [-0.15, -0.1) is 0 Å². The second-order valence-electron chi connectivity index (χ2n) is 3.97. The van der Waals surface area contributed by atoms with Gasteiger partial charge in [-0.05, 0) is 39.8 Å².